The first kappa shape index (κ1) is 11.6. The Morgan fingerprint density at radius 1 is 1.14 bits per heavy atom. The summed E-state index contributed by atoms with van der Waals surface area (Å²) >= 11 is 5.88. The summed E-state index contributed by atoms with van der Waals surface area (Å²) < 4.78 is 0. The summed E-state index contributed by atoms with van der Waals surface area (Å²) in [6, 6.07) is 8.28. The zero-order valence-electron chi connectivity index (χ0n) is 9.31. The van der Waals surface area contributed by atoms with Crippen molar-refractivity contribution in [1.82, 2.24) is 0 Å². The van der Waals surface area contributed by atoms with Crippen LogP contribution in [0, 0.1) is 0 Å². The van der Waals surface area contributed by atoms with Crippen molar-refractivity contribution in [3.63, 3.8) is 0 Å². The van der Waals surface area contributed by atoms with E-state index in [1.54, 1.807) is 0 Å². The van der Waals surface area contributed by atoms with E-state index in [-0.39, 0.29) is 0 Å². The summed E-state index contributed by atoms with van der Waals surface area (Å²) in [6.45, 7) is 6.83. The maximum atomic E-state index is 5.88. The van der Waals surface area contributed by atoms with Crippen molar-refractivity contribution in [1.29, 1.82) is 0 Å². The Balaban J connectivity index is 2.94. The van der Waals surface area contributed by atoms with Gasteiger partial charge in [-0.25, -0.2) is 0 Å². The van der Waals surface area contributed by atoms with E-state index in [0.29, 0.717) is 5.41 Å². The minimum absolute atomic E-state index is 0.319. The molecule has 1 aromatic rings. The summed E-state index contributed by atoms with van der Waals surface area (Å²) in [5.74, 6) is 0. The molecule has 0 heterocycles. The van der Waals surface area contributed by atoms with Gasteiger partial charge in [0.1, 0.15) is 0 Å². The summed E-state index contributed by atoms with van der Waals surface area (Å²) in [4.78, 5) is 0. The lowest BCUT2D eigenvalue weighted by atomic mass is 9.77. The van der Waals surface area contributed by atoms with Crippen LogP contribution in [0.15, 0.2) is 24.3 Å². The normalized spacial score (nSPS) is 15.1. The first-order chi connectivity index (χ1) is 6.62. The first-order valence-corrected chi connectivity index (χ1v) is 5.76. The summed E-state index contributed by atoms with van der Waals surface area (Å²) in [7, 11) is 0. The van der Waals surface area contributed by atoms with E-state index in [1.807, 2.05) is 12.1 Å². The van der Waals surface area contributed by atoms with Gasteiger partial charge in [-0.2, -0.15) is 0 Å². The van der Waals surface area contributed by atoms with Gasteiger partial charge in [0, 0.05) is 5.02 Å². The Morgan fingerprint density at radius 3 is 2.14 bits per heavy atom. The predicted octanol–water partition coefficient (Wildman–Crippen LogP) is 4.81. The smallest absolute Gasteiger partial charge is 0.0406 e. The van der Waals surface area contributed by atoms with Crippen LogP contribution in [0.25, 0.3) is 0 Å². The summed E-state index contributed by atoms with van der Waals surface area (Å²) in [5, 5.41) is 0.823. The standard InChI is InChI=1S/C13H19Cl/c1-4-10-13(3,5-2)11-6-8-12(14)9-7-11/h6-9H,4-5,10H2,1-3H3. The molecule has 0 spiro atoms. The molecule has 0 saturated heterocycles. The third kappa shape index (κ3) is 2.51. The van der Waals surface area contributed by atoms with Crippen LogP contribution in [0.2, 0.25) is 5.02 Å². The third-order valence-corrected chi connectivity index (χ3v) is 3.38. The Labute approximate surface area is 92.3 Å². The quantitative estimate of drug-likeness (QED) is 0.669. The van der Waals surface area contributed by atoms with Crippen LogP contribution < -0.4 is 0 Å². The molecule has 0 amide bonds. The molecule has 0 aliphatic carbocycles. The number of hydrogen-bond donors (Lipinski definition) is 0. The third-order valence-electron chi connectivity index (χ3n) is 3.12. The molecule has 0 bridgehead atoms. The van der Waals surface area contributed by atoms with Crippen molar-refractivity contribution in [2.75, 3.05) is 0 Å². The molecule has 0 nitrogen and oxygen atoms in total. The topological polar surface area (TPSA) is 0 Å². The van der Waals surface area contributed by atoms with Crippen LogP contribution in [-0.2, 0) is 5.41 Å². The highest BCUT2D eigenvalue weighted by atomic mass is 35.5. The number of hydrogen-bond acceptors (Lipinski definition) is 0. The van der Waals surface area contributed by atoms with E-state index in [1.165, 1.54) is 24.8 Å². The summed E-state index contributed by atoms with van der Waals surface area (Å²) in [6.07, 6.45) is 3.65. The Kier molecular flexibility index (Phi) is 4.00. The van der Waals surface area contributed by atoms with E-state index in [0.717, 1.165) is 5.02 Å². The fraction of sp³-hybridized carbons (Fsp3) is 0.538. The van der Waals surface area contributed by atoms with Gasteiger partial charge in [0.05, 0.1) is 0 Å². The highest BCUT2D eigenvalue weighted by molar-refractivity contribution is 6.30. The molecular formula is C13H19Cl. The molecule has 78 valence electrons. The van der Waals surface area contributed by atoms with Crippen LogP contribution in [0.1, 0.15) is 45.6 Å². The zero-order valence-corrected chi connectivity index (χ0v) is 10.1. The fourth-order valence-electron chi connectivity index (χ4n) is 1.93. The van der Waals surface area contributed by atoms with Crippen LogP contribution >= 0.6 is 11.6 Å². The van der Waals surface area contributed by atoms with Crippen molar-refractivity contribution in [2.45, 2.75) is 45.4 Å². The second kappa shape index (κ2) is 4.84. The molecule has 0 fully saturated rings. The molecule has 1 rings (SSSR count). The molecule has 0 N–H and O–H groups in total. The van der Waals surface area contributed by atoms with E-state index in [4.69, 9.17) is 11.6 Å². The van der Waals surface area contributed by atoms with E-state index >= 15 is 0 Å². The minimum atomic E-state index is 0.319. The molecular weight excluding hydrogens is 192 g/mol. The molecule has 14 heavy (non-hydrogen) atoms. The van der Waals surface area contributed by atoms with Crippen molar-refractivity contribution in [3.05, 3.63) is 34.9 Å². The van der Waals surface area contributed by atoms with Crippen LogP contribution in [0.3, 0.4) is 0 Å². The number of halogens is 1. The molecule has 1 atom stereocenters. The van der Waals surface area contributed by atoms with Gasteiger partial charge in [0.25, 0.3) is 0 Å². The molecule has 1 unspecified atom stereocenters. The van der Waals surface area contributed by atoms with Crippen molar-refractivity contribution in [3.8, 4) is 0 Å². The summed E-state index contributed by atoms with van der Waals surface area (Å²) in [5.41, 5.74) is 1.73. The SMILES string of the molecule is CCCC(C)(CC)c1ccc(Cl)cc1. The van der Waals surface area contributed by atoms with Crippen LogP contribution in [0.5, 0.6) is 0 Å². The largest absolute Gasteiger partial charge is 0.0843 e. The van der Waals surface area contributed by atoms with Gasteiger partial charge in [-0.1, -0.05) is 50.9 Å². The number of benzene rings is 1. The lowest BCUT2D eigenvalue weighted by Gasteiger charge is -2.28. The molecule has 0 aliphatic rings. The molecule has 0 aromatic heterocycles. The van der Waals surface area contributed by atoms with Crippen LogP contribution in [-0.4, -0.2) is 0 Å². The van der Waals surface area contributed by atoms with Crippen molar-refractivity contribution in [2.24, 2.45) is 0 Å². The highest BCUT2D eigenvalue weighted by Gasteiger charge is 2.22. The van der Waals surface area contributed by atoms with Gasteiger partial charge < -0.3 is 0 Å². The maximum absolute atomic E-state index is 5.88. The van der Waals surface area contributed by atoms with E-state index < -0.39 is 0 Å². The monoisotopic (exact) mass is 210 g/mol. The zero-order chi connectivity index (χ0) is 10.6. The minimum Gasteiger partial charge on any atom is -0.0843 e. The predicted molar refractivity (Wildman–Crippen MR) is 64.0 cm³/mol. The highest BCUT2D eigenvalue weighted by Crippen LogP contribution is 2.32. The van der Waals surface area contributed by atoms with Crippen molar-refractivity contribution < 1.29 is 0 Å². The van der Waals surface area contributed by atoms with Gasteiger partial charge in [-0.3, -0.25) is 0 Å². The molecule has 1 aromatic carbocycles. The number of rotatable bonds is 4. The molecule has 1 heteroatoms. The van der Waals surface area contributed by atoms with Gasteiger partial charge in [-0.15, -0.1) is 0 Å². The fourth-order valence-corrected chi connectivity index (χ4v) is 2.06. The van der Waals surface area contributed by atoms with Crippen molar-refractivity contribution >= 4 is 11.6 Å². The first-order valence-electron chi connectivity index (χ1n) is 5.38. The van der Waals surface area contributed by atoms with Gasteiger partial charge in [-0.05, 0) is 36.0 Å². The maximum Gasteiger partial charge on any atom is 0.0406 e. The second-order valence-electron chi connectivity index (χ2n) is 4.17. The van der Waals surface area contributed by atoms with E-state index in [2.05, 4.69) is 32.9 Å². The lowest BCUT2D eigenvalue weighted by Crippen LogP contribution is -2.20. The molecule has 0 aliphatic heterocycles. The second-order valence-corrected chi connectivity index (χ2v) is 4.61. The van der Waals surface area contributed by atoms with Gasteiger partial charge in [0.15, 0.2) is 0 Å². The lowest BCUT2D eigenvalue weighted by molar-refractivity contribution is 0.414. The Hall–Kier alpha value is -0.490. The Morgan fingerprint density at radius 2 is 1.71 bits per heavy atom. The van der Waals surface area contributed by atoms with Crippen LogP contribution in [0.4, 0.5) is 0 Å². The van der Waals surface area contributed by atoms with Gasteiger partial charge in [0.2, 0.25) is 0 Å². The molecule has 0 saturated carbocycles. The van der Waals surface area contributed by atoms with Gasteiger partial charge >= 0.3 is 0 Å². The Bertz CT molecular complexity index is 276. The van der Waals surface area contributed by atoms with E-state index in [9.17, 15) is 0 Å². The average molecular weight is 211 g/mol. The molecule has 0 radical (unpaired) electrons. The average Bonchev–Trinajstić information content (AvgIpc) is 2.19.